The van der Waals surface area contributed by atoms with Crippen molar-refractivity contribution in [3.63, 3.8) is 0 Å². The van der Waals surface area contributed by atoms with E-state index in [0.717, 1.165) is 10.9 Å². The third-order valence-corrected chi connectivity index (χ3v) is 3.48. The molecule has 0 aliphatic carbocycles. The molecule has 1 heterocycles. The molecule has 0 aliphatic heterocycles. The number of aromatic nitrogens is 1. The number of aromatic amines is 1. The average Bonchev–Trinajstić information content (AvgIpc) is 2.99. The van der Waals surface area contributed by atoms with Gasteiger partial charge in [-0.05, 0) is 18.2 Å². The van der Waals surface area contributed by atoms with Gasteiger partial charge in [0, 0.05) is 24.1 Å². The van der Waals surface area contributed by atoms with Gasteiger partial charge in [0.15, 0.2) is 0 Å². The third kappa shape index (κ3) is 2.44. The monoisotopic (exact) mass is 293 g/mol. The first-order valence-corrected chi connectivity index (χ1v) is 6.89. The van der Waals surface area contributed by atoms with Crippen LogP contribution in [0.1, 0.15) is 20.7 Å². The molecule has 2 amide bonds. The molecule has 110 valence electrons. The van der Waals surface area contributed by atoms with Crippen LogP contribution in [0.2, 0.25) is 0 Å². The van der Waals surface area contributed by atoms with Crippen molar-refractivity contribution in [2.24, 2.45) is 0 Å². The van der Waals surface area contributed by atoms with Crippen molar-refractivity contribution >= 4 is 28.4 Å². The van der Waals surface area contributed by atoms with E-state index in [-0.39, 0.29) is 11.8 Å². The molecule has 0 aliphatic rings. The molecule has 0 fully saturated rings. The first kappa shape index (κ1) is 13.9. The molecular formula is C17H15N3O2. The molecule has 3 aromatic rings. The van der Waals surface area contributed by atoms with Crippen LogP contribution in [0.15, 0.2) is 54.7 Å². The quantitative estimate of drug-likeness (QED) is 0.694. The maximum atomic E-state index is 12.5. The van der Waals surface area contributed by atoms with Gasteiger partial charge < -0.3 is 15.6 Å². The third-order valence-electron chi connectivity index (χ3n) is 3.48. The second kappa shape index (κ2) is 5.73. The van der Waals surface area contributed by atoms with Crippen molar-refractivity contribution in [2.75, 3.05) is 12.4 Å². The number of anilines is 1. The summed E-state index contributed by atoms with van der Waals surface area (Å²) in [4.78, 5) is 27.4. The standard InChI is InChI=1S/C17H15N3O2/c1-18-16(21)12-7-3-5-9-15(12)20-17(22)13-10-19-14-8-4-2-6-11(13)14/h2-10,19H,1H3,(H,18,21)(H,20,22). The van der Waals surface area contributed by atoms with E-state index in [1.54, 1.807) is 37.5 Å². The van der Waals surface area contributed by atoms with Crippen LogP contribution in [-0.4, -0.2) is 23.8 Å². The number of rotatable bonds is 3. The van der Waals surface area contributed by atoms with Gasteiger partial charge in [-0.25, -0.2) is 0 Å². The predicted molar refractivity (Wildman–Crippen MR) is 86.1 cm³/mol. The Morgan fingerprint density at radius 2 is 1.64 bits per heavy atom. The normalized spacial score (nSPS) is 10.4. The Hall–Kier alpha value is -3.08. The molecule has 2 aromatic carbocycles. The Bertz CT molecular complexity index is 852. The summed E-state index contributed by atoms with van der Waals surface area (Å²) in [7, 11) is 1.56. The van der Waals surface area contributed by atoms with Gasteiger partial charge in [-0.15, -0.1) is 0 Å². The molecule has 5 nitrogen and oxygen atoms in total. The van der Waals surface area contributed by atoms with Crippen LogP contribution < -0.4 is 10.6 Å². The number of H-pyrrole nitrogens is 1. The fourth-order valence-electron chi connectivity index (χ4n) is 2.37. The van der Waals surface area contributed by atoms with Gasteiger partial charge in [-0.2, -0.15) is 0 Å². The lowest BCUT2D eigenvalue weighted by Gasteiger charge is -2.09. The zero-order valence-corrected chi connectivity index (χ0v) is 12.0. The number of carbonyl (C=O) groups is 2. The van der Waals surface area contributed by atoms with Crippen molar-refractivity contribution < 1.29 is 9.59 Å². The molecule has 0 unspecified atom stereocenters. The van der Waals surface area contributed by atoms with Gasteiger partial charge >= 0.3 is 0 Å². The average molecular weight is 293 g/mol. The molecule has 3 N–H and O–H groups in total. The highest BCUT2D eigenvalue weighted by Crippen LogP contribution is 2.21. The van der Waals surface area contributed by atoms with Gasteiger partial charge in [-0.3, -0.25) is 9.59 Å². The lowest BCUT2D eigenvalue weighted by Crippen LogP contribution is -2.21. The Morgan fingerprint density at radius 1 is 0.909 bits per heavy atom. The number of hydrogen-bond acceptors (Lipinski definition) is 2. The van der Waals surface area contributed by atoms with Crippen molar-refractivity contribution in [3.8, 4) is 0 Å². The minimum Gasteiger partial charge on any atom is -0.360 e. The zero-order valence-electron chi connectivity index (χ0n) is 12.0. The van der Waals surface area contributed by atoms with E-state index in [4.69, 9.17) is 0 Å². The van der Waals surface area contributed by atoms with Gasteiger partial charge in [0.1, 0.15) is 0 Å². The van der Waals surface area contributed by atoms with Gasteiger partial charge in [-0.1, -0.05) is 30.3 Å². The summed E-state index contributed by atoms with van der Waals surface area (Å²) in [6, 6.07) is 14.5. The Kier molecular flexibility index (Phi) is 3.62. The van der Waals surface area contributed by atoms with Crippen LogP contribution >= 0.6 is 0 Å². The molecule has 3 rings (SSSR count). The molecule has 1 aromatic heterocycles. The number of para-hydroxylation sites is 2. The van der Waals surface area contributed by atoms with Gasteiger partial charge in [0.25, 0.3) is 11.8 Å². The highest BCUT2D eigenvalue weighted by molar-refractivity contribution is 6.14. The Balaban J connectivity index is 1.94. The molecule has 22 heavy (non-hydrogen) atoms. The molecule has 0 radical (unpaired) electrons. The minimum atomic E-state index is -0.256. The number of fused-ring (bicyclic) bond motifs is 1. The van der Waals surface area contributed by atoms with Crippen LogP contribution in [0.25, 0.3) is 10.9 Å². The maximum Gasteiger partial charge on any atom is 0.257 e. The van der Waals surface area contributed by atoms with E-state index in [0.29, 0.717) is 16.8 Å². The SMILES string of the molecule is CNC(=O)c1ccccc1NC(=O)c1c[nH]c2ccccc12. The molecule has 0 saturated heterocycles. The van der Waals surface area contributed by atoms with Gasteiger partial charge in [0.2, 0.25) is 0 Å². The van der Waals surface area contributed by atoms with Crippen molar-refractivity contribution in [1.29, 1.82) is 0 Å². The number of nitrogens with one attached hydrogen (secondary N) is 3. The van der Waals surface area contributed by atoms with Crippen molar-refractivity contribution in [3.05, 3.63) is 65.9 Å². The molecule has 0 saturated carbocycles. The molecule has 0 bridgehead atoms. The van der Waals surface area contributed by atoms with Crippen molar-refractivity contribution in [2.45, 2.75) is 0 Å². The van der Waals surface area contributed by atoms with Crippen LogP contribution in [0, 0.1) is 0 Å². The second-order valence-electron chi connectivity index (χ2n) is 4.83. The summed E-state index contributed by atoms with van der Waals surface area (Å²) >= 11 is 0. The predicted octanol–water partition coefficient (Wildman–Crippen LogP) is 2.78. The zero-order chi connectivity index (χ0) is 15.5. The van der Waals surface area contributed by atoms with Crippen LogP contribution in [-0.2, 0) is 0 Å². The summed E-state index contributed by atoms with van der Waals surface area (Å²) < 4.78 is 0. The highest BCUT2D eigenvalue weighted by Gasteiger charge is 2.15. The second-order valence-corrected chi connectivity index (χ2v) is 4.83. The highest BCUT2D eigenvalue weighted by atomic mass is 16.2. The Labute approximate surface area is 127 Å². The summed E-state index contributed by atoms with van der Waals surface area (Å²) in [5.74, 6) is -0.497. The van der Waals surface area contributed by atoms with E-state index < -0.39 is 0 Å². The molecule has 5 heteroatoms. The first-order valence-electron chi connectivity index (χ1n) is 6.89. The van der Waals surface area contributed by atoms with Crippen molar-refractivity contribution in [1.82, 2.24) is 10.3 Å². The minimum absolute atomic E-state index is 0.241. The largest absolute Gasteiger partial charge is 0.360 e. The van der Waals surface area contributed by atoms with Gasteiger partial charge in [0.05, 0.1) is 16.8 Å². The molecule has 0 spiro atoms. The summed E-state index contributed by atoms with van der Waals surface area (Å²) in [6.07, 6.45) is 1.67. The number of hydrogen-bond donors (Lipinski definition) is 3. The summed E-state index contributed by atoms with van der Waals surface area (Å²) in [5.41, 5.74) is 2.35. The van der Waals surface area contributed by atoms with Crippen LogP contribution in [0.3, 0.4) is 0 Å². The smallest absolute Gasteiger partial charge is 0.257 e. The molecule has 0 atom stereocenters. The number of benzene rings is 2. The summed E-state index contributed by atoms with van der Waals surface area (Å²) in [5, 5.41) is 6.21. The fraction of sp³-hybridized carbons (Fsp3) is 0.0588. The number of amides is 2. The van der Waals surface area contributed by atoms with Crippen LogP contribution in [0.5, 0.6) is 0 Å². The lowest BCUT2D eigenvalue weighted by molar-refractivity contribution is 0.0964. The fourth-order valence-corrected chi connectivity index (χ4v) is 2.37. The van der Waals surface area contributed by atoms with E-state index in [9.17, 15) is 9.59 Å². The maximum absolute atomic E-state index is 12.5. The van der Waals surface area contributed by atoms with E-state index in [1.165, 1.54) is 0 Å². The lowest BCUT2D eigenvalue weighted by atomic mass is 10.1. The number of carbonyl (C=O) groups excluding carboxylic acids is 2. The Morgan fingerprint density at radius 3 is 2.45 bits per heavy atom. The van der Waals surface area contributed by atoms with E-state index >= 15 is 0 Å². The van der Waals surface area contributed by atoms with E-state index in [2.05, 4.69) is 15.6 Å². The first-order chi connectivity index (χ1) is 10.7. The van der Waals surface area contributed by atoms with E-state index in [1.807, 2.05) is 24.3 Å². The topological polar surface area (TPSA) is 74.0 Å². The van der Waals surface area contributed by atoms with Crippen LogP contribution in [0.4, 0.5) is 5.69 Å². The molecular weight excluding hydrogens is 278 g/mol. The summed E-state index contributed by atoms with van der Waals surface area (Å²) in [6.45, 7) is 0.